The molecule has 0 bridgehead atoms. The molecule has 0 N–H and O–H groups in total. The molecule has 0 aliphatic rings. The first-order valence-corrected chi connectivity index (χ1v) is 13.8. The van der Waals surface area contributed by atoms with Gasteiger partial charge in [0.2, 0.25) is 0 Å². The Morgan fingerprint density at radius 2 is 1.38 bits per heavy atom. The fraction of sp³-hybridized carbons (Fsp3) is 0.438. The molecule has 5 nitrogen and oxygen atoms in total. The first-order chi connectivity index (χ1) is 18.1. The van der Waals surface area contributed by atoms with E-state index in [0.717, 1.165) is 42.4 Å². The number of hydrogen-bond donors (Lipinski definition) is 0. The summed E-state index contributed by atoms with van der Waals surface area (Å²) in [5.74, 6) is 0.432. The maximum atomic E-state index is 12.7. The molecule has 0 amide bonds. The predicted molar refractivity (Wildman–Crippen MR) is 149 cm³/mol. The Morgan fingerprint density at radius 3 is 2.03 bits per heavy atom. The number of esters is 1. The molecule has 0 saturated heterocycles. The van der Waals surface area contributed by atoms with Crippen molar-refractivity contribution in [3.8, 4) is 23.2 Å². The standard InChI is InChI=1S/C32H39N3O2/c1-3-5-7-9-10-12-13-25-15-20-30(29(21-25)22-33)37-32(36)28-18-16-27(17-19-28)31-34-23-26(24-35-31)14-11-8-6-4-2/h15-21,23-24H,3-14H2,1-2H3. The van der Waals surface area contributed by atoms with Crippen LogP contribution in [0, 0.1) is 11.3 Å². The van der Waals surface area contributed by atoms with Crippen molar-refractivity contribution in [1.82, 2.24) is 9.97 Å². The smallest absolute Gasteiger partial charge is 0.343 e. The van der Waals surface area contributed by atoms with Gasteiger partial charge in [-0.3, -0.25) is 0 Å². The number of aromatic nitrogens is 2. The Hall–Kier alpha value is -3.52. The summed E-state index contributed by atoms with van der Waals surface area (Å²) in [5.41, 5.74) is 3.88. The fourth-order valence-corrected chi connectivity index (χ4v) is 4.32. The zero-order chi connectivity index (χ0) is 26.3. The topological polar surface area (TPSA) is 75.9 Å². The van der Waals surface area contributed by atoms with Gasteiger partial charge in [0, 0.05) is 18.0 Å². The monoisotopic (exact) mass is 497 g/mol. The van der Waals surface area contributed by atoms with Gasteiger partial charge in [-0.1, -0.05) is 83.4 Å². The highest BCUT2D eigenvalue weighted by molar-refractivity contribution is 5.91. The van der Waals surface area contributed by atoms with E-state index in [1.807, 2.05) is 36.7 Å². The summed E-state index contributed by atoms with van der Waals surface area (Å²) in [7, 11) is 0. The highest BCUT2D eigenvalue weighted by Gasteiger charge is 2.13. The maximum Gasteiger partial charge on any atom is 0.343 e. The summed E-state index contributed by atoms with van der Waals surface area (Å²) in [4.78, 5) is 21.7. The predicted octanol–water partition coefficient (Wildman–Crippen LogP) is 8.26. The largest absolute Gasteiger partial charge is 0.422 e. The van der Waals surface area contributed by atoms with Gasteiger partial charge in [0.25, 0.3) is 0 Å². The van der Waals surface area contributed by atoms with Crippen LogP contribution >= 0.6 is 0 Å². The van der Waals surface area contributed by atoms with Crippen LogP contribution in [0.2, 0.25) is 0 Å². The molecule has 0 aliphatic carbocycles. The minimum atomic E-state index is -0.491. The molecule has 0 radical (unpaired) electrons. The first-order valence-electron chi connectivity index (χ1n) is 13.8. The van der Waals surface area contributed by atoms with Gasteiger partial charge in [0.1, 0.15) is 11.8 Å². The van der Waals surface area contributed by atoms with Crippen LogP contribution in [-0.2, 0) is 12.8 Å². The van der Waals surface area contributed by atoms with E-state index in [1.165, 1.54) is 51.4 Å². The molecular weight excluding hydrogens is 458 g/mol. The van der Waals surface area contributed by atoms with Gasteiger partial charge in [0.15, 0.2) is 5.82 Å². The summed E-state index contributed by atoms with van der Waals surface area (Å²) in [6.07, 6.45) is 17.9. The Morgan fingerprint density at radius 1 is 0.784 bits per heavy atom. The lowest BCUT2D eigenvalue weighted by Gasteiger charge is -2.09. The molecule has 1 aromatic heterocycles. The van der Waals surface area contributed by atoms with Crippen molar-refractivity contribution in [3.63, 3.8) is 0 Å². The lowest BCUT2D eigenvalue weighted by molar-refractivity contribution is 0.0734. The molecule has 0 fully saturated rings. The average Bonchev–Trinajstić information content (AvgIpc) is 2.94. The number of benzene rings is 2. The third kappa shape index (κ3) is 9.13. The van der Waals surface area contributed by atoms with Crippen LogP contribution in [0.25, 0.3) is 11.4 Å². The SMILES string of the molecule is CCCCCCCCc1ccc(OC(=O)c2ccc(-c3ncc(CCCCCC)cn3)cc2)c(C#N)c1. The molecule has 1 heterocycles. The summed E-state index contributed by atoms with van der Waals surface area (Å²) in [6, 6.07) is 14.7. The quantitative estimate of drug-likeness (QED) is 0.120. The van der Waals surface area contributed by atoms with E-state index in [2.05, 4.69) is 29.9 Å². The molecule has 2 aromatic carbocycles. The van der Waals surface area contributed by atoms with Crippen LogP contribution in [0.5, 0.6) is 5.75 Å². The van der Waals surface area contributed by atoms with Gasteiger partial charge in [0.05, 0.1) is 11.1 Å². The molecule has 0 saturated carbocycles. The summed E-state index contributed by atoms with van der Waals surface area (Å²) < 4.78 is 5.57. The highest BCUT2D eigenvalue weighted by atomic mass is 16.5. The maximum absolute atomic E-state index is 12.7. The number of carbonyl (C=O) groups is 1. The van der Waals surface area contributed by atoms with Crippen LogP contribution in [0.3, 0.4) is 0 Å². The average molecular weight is 498 g/mol. The summed E-state index contributed by atoms with van der Waals surface area (Å²) in [5, 5.41) is 9.59. The summed E-state index contributed by atoms with van der Waals surface area (Å²) in [6.45, 7) is 4.43. The molecule has 0 unspecified atom stereocenters. The van der Waals surface area contributed by atoms with E-state index < -0.39 is 5.97 Å². The third-order valence-corrected chi connectivity index (χ3v) is 6.59. The van der Waals surface area contributed by atoms with Crippen molar-refractivity contribution in [2.75, 3.05) is 0 Å². The first kappa shape index (κ1) is 28.1. The summed E-state index contributed by atoms with van der Waals surface area (Å²) >= 11 is 0. The Bertz CT molecular complexity index is 1150. The molecule has 37 heavy (non-hydrogen) atoms. The number of hydrogen-bond acceptors (Lipinski definition) is 5. The number of carbonyl (C=O) groups excluding carboxylic acids is 1. The third-order valence-electron chi connectivity index (χ3n) is 6.59. The van der Waals surface area contributed by atoms with Crippen molar-refractivity contribution in [2.24, 2.45) is 0 Å². The van der Waals surface area contributed by atoms with E-state index >= 15 is 0 Å². The van der Waals surface area contributed by atoms with Crippen LogP contribution in [0.15, 0.2) is 54.9 Å². The van der Waals surface area contributed by atoms with Gasteiger partial charge in [-0.25, -0.2) is 14.8 Å². The molecule has 0 spiro atoms. The van der Waals surface area contributed by atoms with E-state index in [-0.39, 0.29) is 0 Å². The molecule has 0 atom stereocenters. The minimum absolute atomic E-state index is 0.293. The van der Waals surface area contributed by atoms with E-state index in [0.29, 0.717) is 22.7 Å². The van der Waals surface area contributed by atoms with Gasteiger partial charge in [-0.05, 0) is 61.1 Å². The fourth-order valence-electron chi connectivity index (χ4n) is 4.32. The van der Waals surface area contributed by atoms with E-state index in [1.54, 1.807) is 18.2 Å². The number of rotatable bonds is 15. The molecular formula is C32H39N3O2. The molecule has 5 heteroatoms. The van der Waals surface area contributed by atoms with Crippen molar-refractivity contribution < 1.29 is 9.53 Å². The lowest BCUT2D eigenvalue weighted by Crippen LogP contribution is -2.09. The van der Waals surface area contributed by atoms with Gasteiger partial charge >= 0.3 is 5.97 Å². The number of unbranched alkanes of at least 4 members (excludes halogenated alkanes) is 8. The zero-order valence-electron chi connectivity index (χ0n) is 22.3. The van der Waals surface area contributed by atoms with Gasteiger partial charge in [-0.15, -0.1) is 0 Å². The van der Waals surface area contributed by atoms with Crippen molar-refractivity contribution in [1.29, 1.82) is 5.26 Å². The second-order valence-electron chi connectivity index (χ2n) is 9.65. The van der Waals surface area contributed by atoms with Crippen LogP contribution in [0.1, 0.15) is 105 Å². The van der Waals surface area contributed by atoms with Gasteiger partial charge < -0.3 is 4.74 Å². The van der Waals surface area contributed by atoms with Crippen molar-refractivity contribution >= 4 is 5.97 Å². The van der Waals surface area contributed by atoms with Crippen LogP contribution in [0.4, 0.5) is 0 Å². The van der Waals surface area contributed by atoms with Crippen molar-refractivity contribution in [2.45, 2.75) is 90.9 Å². The minimum Gasteiger partial charge on any atom is -0.422 e. The number of aryl methyl sites for hydroxylation is 2. The number of ether oxygens (including phenoxy) is 1. The Labute approximate surface area is 221 Å². The normalized spacial score (nSPS) is 10.7. The Kier molecular flexibility index (Phi) is 11.8. The van der Waals surface area contributed by atoms with Crippen molar-refractivity contribution in [3.05, 3.63) is 77.1 Å². The highest BCUT2D eigenvalue weighted by Crippen LogP contribution is 2.23. The van der Waals surface area contributed by atoms with Gasteiger partial charge in [-0.2, -0.15) is 5.26 Å². The second kappa shape index (κ2) is 15.6. The molecule has 3 rings (SSSR count). The molecule has 0 aliphatic heterocycles. The second-order valence-corrected chi connectivity index (χ2v) is 9.65. The van der Waals surface area contributed by atoms with Crippen LogP contribution < -0.4 is 4.74 Å². The lowest BCUT2D eigenvalue weighted by atomic mass is 10.0. The van der Waals surface area contributed by atoms with Crippen LogP contribution in [-0.4, -0.2) is 15.9 Å². The van der Waals surface area contributed by atoms with E-state index in [4.69, 9.17) is 4.74 Å². The van der Waals surface area contributed by atoms with E-state index in [9.17, 15) is 10.1 Å². The Balaban J connectivity index is 1.55. The number of nitriles is 1. The number of nitrogens with zero attached hydrogens (tertiary/aromatic N) is 3. The molecule has 3 aromatic rings. The molecule has 194 valence electrons. The zero-order valence-corrected chi connectivity index (χ0v) is 22.3.